The molecule has 7 aromatic rings. The van der Waals surface area contributed by atoms with Gasteiger partial charge in [-0.05, 0) is 82.8 Å². The monoisotopic (exact) mass is 990 g/mol. The average molecular weight is 992 g/mol. The SMILES string of the molecule is CCCC(C)Cc1c(-c2ccc(OP(OCc3ccccc3)OCc3ccccc3)c(Cl)c2)c(C(=O)NC)c(CCc2ccc(Cl)cc2)n1COP(OCc1ccccc1)OCc1ccccc1. The third kappa shape index (κ3) is 15.1. The average Bonchev–Trinajstić information content (AvgIpc) is 3.67. The Bertz CT molecular complexity index is 2520. The molecule has 0 aliphatic carbocycles. The van der Waals surface area contributed by atoms with Gasteiger partial charge < -0.3 is 23.5 Å². The highest BCUT2D eigenvalue weighted by Gasteiger charge is 2.30. The number of hydrogen-bond acceptors (Lipinski definition) is 7. The predicted molar refractivity (Wildman–Crippen MR) is 275 cm³/mol. The number of rotatable bonds is 26. The van der Waals surface area contributed by atoms with Crippen LogP contribution in [-0.2, 0) is 75.0 Å². The molecule has 0 saturated carbocycles. The number of benzene rings is 6. The quantitative estimate of drug-likeness (QED) is 0.0541. The van der Waals surface area contributed by atoms with Crippen LogP contribution in [0.15, 0.2) is 164 Å². The number of amides is 1. The minimum Gasteiger partial charge on any atom is -0.425 e. The maximum Gasteiger partial charge on any atom is 0.397 e. The third-order valence-corrected chi connectivity index (χ3v) is 13.8. The first kappa shape index (κ1) is 51.0. The Morgan fingerprint density at radius 2 is 1.10 bits per heavy atom. The Labute approximate surface area is 413 Å². The first-order valence-corrected chi connectivity index (χ1v) is 25.8. The molecule has 68 heavy (non-hydrogen) atoms. The largest absolute Gasteiger partial charge is 0.425 e. The first-order chi connectivity index (χ1) is 33.3. The Morgan fingerprint density at radius 1 is 0.603 bits per heavy atom. The van der Waals surface area contributed by atoms with Crippen molar-refractivity contribution >= 4 is 46.3 Å². The lowest BCUT2D eigenvalue weighted by molar-refractivity contribution is 0.0961. The summed E-state index contributed by atoms with van der Waals surface area (Å²) in [5, 5.41) is 3.96. The summed E-state index contributed by atoms with van der Waals surface area (Å²) in [6.45, 7) is 5.68. The van der Waals surface area contributed by atoms with E-state index in [4.69, 9.17) is 50.3 Å². The zero-order valence-electron chi connectivity index (χ0n) is 38.7. The highest BCUT2D eigenvalue weighted by atomic mass is 35.5. The summed E-state index contributed by atoms with van der Waals surface area (Å²) in [5.74, 6) is 0.442. The molecule has 0 fully saturated rings. The maximum absolute atomic E-state index is 14.5. The molecule has 13 heteroatoms. The van der Waals surface area contributed by atoms with Gasteiger partial charge in [0.05, 0.1) is 37.0 Å². The second-order valence-electron chi connectivity index (χ2n) is 16.4. The van der Waals surface area contributed by atoms with Crippen molar-refractivity contribution in [1.82, 2.24) is 9.88 Å². The van der Waals surface area contributed by atoms with Crippen LogP contribution in [0.4, 0.5) is 0 Å². The molecule has 1 unspecified atom stereocenters. The number of nitrogens with zero attached hydrogens (tertiary/aromatic N) is 1. The van der Waals surface area contributed by atoms with Crippen LogP contribution in [-0.4, -0.2) is 17.5 Å². The normalized spacial score (nSPS) is 11.9. The molecule has 6 aromatic carbocycles. The summed E-state index contributed by atoms with van der Waals surface area (Å²) in [6, 6.07) is 53.1. The van der Waals surface area contributed by atoms with E-state index in [1.165, 1.54) is 0 Å². The molecule has 7 rings (SSSR count). The molecule has 1 N–H and O–H groups in total. The van der Waals surface area contributed by atoms with E-state index in [1.807, 2.05) is 164 Å². The van der Waals surface area contributed by atoms with Crippen LogP contribution in [0.2, 0.25) is 10.0 Å². The van der Waals surface area contributed by atoms with Crippen molar-refractivity contribution in [3.05, 3.63) is 219 Å². The maximum atomic E-state index is 14.5. The fourth-order valence-corrected chi connectivity index (χ4v) is 10.1. The lowest BCUT2D eigenvalue weighted by Gasteiger charge is -2.21. The van der Waals surface area contributed by atoms with Crippen molar-refractivity contribution in [2.45, 2.75) is 79.1 Å². The second kappa shape index (κ2) is 26.8. The zero-order valence-corrected chi connectivity index (χ0v) is 42.0. The van der Waals surface area contributed by atoms with Crippen LogP contribution in [0, 0.1) is 5.92 Å². The summed E-state index contributed by atoms with van der Waals surface area (Å²) in [4.78, 5) is 14.5. The third-order valence-electron chi connectivity index (χ3n) is 11.2. The van der Waals surface area contributed by atoms with Gasteiger partial charge in [0.25, 0.3) is 5.91 Å². The minimum absolute atomic E-state index is 0.0696. The van der Waals surface area contributed by atoms with Crippen molar-refractivity contribution in [2.24, 2.45) is 5.92 Å². The fourth-order valence-electron chi connectivity index (χ4n) is 7.79. The molecular weight excluding hydrogens is 933 g/mol. The van der Waals surface area contributed by atoms with Crippen LogP contribution < -0.4 is 9.84 Å². The Balaban J connectivity index is 1.27. The lowest BCUT2D eigenvalue weighted by Crippen LogP contribution is -2.21. The van der Waals surface area contributed by atoms with Crippen molar-refractivity contribution in [3.63, 3.8) is 0 Å². The van der Waals surface area contributed by atoms with E-state index in [0.717, 1.165) is 63.2 Å². The van der Waals surface area contributed by atoms with Crippen LogP contribution in [0.1, 0.15) is 76.3 Å². The van der Waals surface area contributed by atoms with Gasteiger partial charge in [-0.25, -0.2) is 0 Å². The molecule has 0 bridgehead atoms. The van der Waals surface area contributed by atoms with E-state index in [9.17, 15) is 4.79 Å². The van der Waals surface area contributed by atoms with Crippen LogP contribution in [0.3, 0.4) is 0 Å². The molecule has 354 valence electrons. The molecule has 0 spiro atoms. The summed E-state index contributed by atoms with van der Waals surface area (Å²) in [7, 11) is -2.09. The number of aryl methyl sites for hydroxylation is 1. The highest BCUT2D eigenvalue weighted by molar-refractivity contribution is 7.42. The standard InChI is InChI=1S/C55H58Cl2N2O7P2/c1-4-17-41(2)34-51-53(47-29-33-52(49(57)35-47)66-68(63-38-45-22-13-7-14-23-45)64-39-46-24-15-8-16-25-46)54(55(60)58-3)50(32-28-42-26-30-48(56)31-27-42)59(51)40-65-67(61-36-43-18-9-5-10-19-43)62-37-44-20-11-6-12-21-44/h5-16,18-27,29-31,33,35,41H,4,17,28,32,34,36-40H2,1-3H3,(H,58,60). The summed E-state index contributed by atoms with van der Waals surface area (Å²) in [6.07, 6.45) is 3.81. The Morgan fingerprint density at radius 3 is 1.57 bits per heavy atom. The van der Waals surface area contributed by atoms with E-state index >= 15 is 0 Å². The summed E-state index contributed by atoms with van der Waals surface area (Å²) in [5.41, 5.74) is 8.89. The van der Waals surface area contributed by atoms with Crippen LogP contribution >= 0.6 is 40.4 Å². The van der Waals surface area contributed by atoms with Gasteiger partial charge in [0.1, 0.15) is 12.5 Å². The summed E-state index contributed by atoms with van der Waals surface area (Å²) < 4.78 is 40.7. The van der Waals surface area contributed by atoms with Crippen molar-refractivity contribution in [1.29, 1.82) is 0 Å². The van der Waals surface area contributed by atoms with Gasteiger partial charge in [-0.15, -0.1) is 0 Å². The lowest BCUT2D eigenvalue weighted by atomic mass is 9.93. The molecular formula is C55H58Cl2N2O7P2. The van der Waals surface area contributed by atoms with E-state index in [2.05, 4.69) is 23.7 Å². The van der Waals surface area contributed by atoms with E-state index in [-0.39, 0.29) is 31.8 Å². The van der Waals surface area contributed by atoms with Gasteiger partial charge in [-0.1, -0.05) is 189 Å². The minimum atomic E-state index is -1.88. The van der Waals surface area contributed by atoms with E-state index in [1.54, 1.807) is 7.05 Å². The molecule has 0 aliphatic rings. The van der Waals surface area contributed by atoms with Gasteiger partial charge >= 0.3 is 17.2 Å². The zero-order chi connectivity index (χ0) is 47.5. The van der Waals surface area contributed by atoms with E-state index < -0.39 is 17.2 Å². The molecule has 9 nitrogen and oxygen atoms in total. The topological polar surface area (TPSA) is 89.4 Å². The molecule has 1 amide bonds. The predicted octanol–water partition coefficient (Wildman–Crippen LogP) is 15.3. The number of carbonyl (C=O) groups excluding carboxylic acids is 1. The molecule has 1 heterocycles. The van der Waals surface area contributed by atoms with Crippen molar-refractivity contribution < 1.29 is 31.9 Å². The van der Waals surface area contributed by atoms with Gasteiger partial charge in [-0.3, -0.25) is 18.4 Å². The smallest absolute Gasteiger partial charge is 0.397 e. The molecule has 0 saturated heterocycles. The van der Waals surface area contributed by atoms with Gasteiger partial charge in [0, 0.05) is 29.0 Å². The molecule has 1 aromatic heterocycles. The fraction of sp³-hybridized carbons (Fsp3) is 0.255. The number of halogens is 2. The molecule has 0 radical (unpaired) electrons. The van der Waals surface area contributed by atoms with Crippen molar-refractivity contribution in [3.8, 4) is 16.9 Å². The van der Waals surface area contributed by atoms with Gasteiger partial charge in [0.2, 0.25) is 0 Å². The number of aromatic nitrogens is 1. The van der Waals surface area contributed by atoms with Crippen LogP contribution in [0.5, 0.6) is 5.75 Å². The van der Waals surface area contributed by atoms with Crippen LogP contribution in [0.25, 0.3) is 11.1 Å². The van der Waals surface area contributed by atoms with Crippen molar-refractivity contribution in [2.75, 3.05) is 7.05 Å². The first-order valence-electron chi connectivity index (χ1n) is 22.9. The summed E-state index contributed by atoms with van der Waals surface area (Å²) >= 11 is 13.5. The van der Waals surface area contributed by atoms with Gasteiger partial charge in [0.15, 0.2) is 0 Å². The highest BCUT2D eigenvalue weighted by Crippen LogP contribution is 2.47. The number of hydrogen-bond donors (Lipinski definition) is 1. The number of carbonyl (C=O) groups is 1. The number of nitrogens with one attached hydrogen (secondary N) is 1. The Hall–Kier alpha value is -4.89. The molecule has 0 aliphatic heterocycles. The Kier molecular flexibility index (Phi) is 20.1. The second-order valence-corrected chi connectivity index (χ2v) is 19.6. The molecule has 1 atom stereocenters. The van der Waals surface area contributed by atoms with E-state index in [0.29, 0.717) is 53.8 Å². The van der Waals surface area contributed by atoms with Gasteiger partial charge in [-0.2, -0.15) is 0 Å².